The zero-order valence-electron chi connectivity index (χ0n) is 19.4. The van der Waals surface area contributed by atoms with Gasteiger partial charge in [0.15, 0.2) is 5.75 Å². The van der Waals surface area contributed by atoms with Crippen LogP contribution in [0.2, 0.25) is 0 Å². The van der Waals surface area contributed by atoms with Gasteiger partial charge in [-0.05, 0) is 12.3 Å². The highest BCUT2D eigenvalue weighted by Gasteiger charge is 2.15. The van der Waals surface area contributed by atoms with Crippen molar-refractivity contribution in [1.82, 2.24) is 9.97 Å². The lowest BCUT2D eigenvalue weighted by molar-refractivity contribution is -0.135. The van der Waals surface area contributed by atoms with E-state index in [0.29, 0.717) is 24.5 Å². The van der Waals surface area contributed by atoms with E-state index >= 15 is 0 Å². The highest BCUT2D eigenvalue weighted by molar-refractivity contribution is 5.72. The number of aromatic nitrogens is 2. The van der Waals surface area contributed by atoms with Crippen LogP contribution in [0.1, 0.15) is 85.0 Å². The molecule has 0 fully saturated rings. The Bertz CT molecular complexity index is 765. The molecule has 5 heteroatoms. The van der Waals surface area contributed by atoms with Crippen LogP contribution in [0.25, 0.3) is 11.3 Å². The predicted octanol–water partition coefficient (Wildman–Crippen LogP) is 7.00. The Morgan fingerprint density at radius 3 is 2.32 bits per heavy atom. The Balaban J connectivity index is 1.93. The quantitative estimate of drug-likeness (QED) is 0.226. The normalized spacial score (nSPS) is 11.8. The van der Waals surface area contributed by atoms with Crippen LogP contribution in [0.5, 0.6) is 11.8 Å². The summed E-state index contributed by atoms with van der Waals surface area (Å²) in [6.07, 6.45) is 12.9. The van der Waals surface area contributed by atoms with Crippen molar-refractivity contribution in [3.63, 3.8) is 0 Å². The van der Waals surface area contributed by atoms with E-state index in [1.54, 1.807) is 6.20 Å². The number of rotatable bonds is 15. The summed E-state index contributed by atoms with van der Waals surface area (Å²) >= 11 is 0. The average Bonchev–Trinajstić information content (AvgIpc) is 2.79. The van der Waals surface area contributed by atoms with Gasteiger partial charge in [0, 0.05) is 12.0 Å². The third-order valence-corrected chi connectivity index (χ3v) is 5.45. The number of hydrogen-bond donors (Lipinski definition) is 0. The maximum Gasteiger partial charge on any atom is 0.325 e. The van der Waals surface area contributed by atoms with Crippen molar-refractivity contribution in [2.24, 2.45) is 5.92 Å². The molecule has 1 aromatic heterocycles. The van der Waals surface area contributed by atoms with Crippen LogP contribution in [0.3, 0.4) is 0 Å². The van der Waals surface area contributed by atoms with Crippen LogP contribution in [0.15, 0.2) is 36.5 Å². The Labute approximate surface area is 187 Å². The molecule has 0 saturated carbocycles. The number of benzene rings is 1. The summed E-state index contributed by atoms with van der Waals surface area (Å²) in [4.78, 5) is 20.8. The summed E-state index contributed by atoms with van der Waals surface area (Å²) in [7, 11) is 0. The lowest BCUT2D eigenvalue weighted by Crippen LogP contribution is -2.14. The van der Waals surface area contributed by atoms with Crippen LogP contribution in [-0.4, -0.2) is 22.5 Å². The van der Waals surface area contributed by atoms with Gasteiger partial charge in [-0.3, -0.25) is 4.79 Å². The molecule has 1 heterocycles. The van der Waals surface area contributed by atoms with Gasteiger partial charge in [0.05, 0.1) is 12.8 Å². The molecular formula is C26H38N2O3. The van der Waals surface area contributed by atoms with Gasteiger partial charge in [-0.2, -0.15) is 9.97 Å². The fraction of sp³-hybridized carbons (Fsp3) is 0.577. The molecule has 1 aromatic carbocycles. The van der Waals surface area contributed by atoms with Crippen LogP contribution in [-0.2, 0) is 4.79 Å². The molecule has 2 rings (SSSR count). The molecule has 2 aromatic rings. The summed E-state index contributed by atoms with van der Waals surface area (Å²) in [6.45, 7) is 6.96. The van der Waals surface area contributed by atoms with Crippen molar-refractivity contribution in [1.29, 1.82) is 0 Å². The maximum atomic E-state index is 12.1. The average molecular weight is 427 g/mol. The second-order valence-corrected chi connectivity index (χ2v) is 8.25. The minimum atomic E-state index is -0.305. The molecule has 0 aliphatic rings. The molecule has 0 aliphatic heterocycles. The summed E-state index contributed by atoms with van der Waals surface area (Å²) in [5, 5.41) is 0. The lowest BCUT2D eigenvalue weighted by Gasteiger charge is -2.12. The molecule has 0 aliphatic carbocycles. The van der Waals surface area contributed by atoms with E-state index in [9.17, 15) is 4.79 Å². The zero-order chi connectivity index (χ0) is 22.3. The molecular weight excluding hydrogens is 388 g/mol. The van der Waals surface area contributed by atoms with Crippen molar-refractivity contribution in [3.05, 3.63) is 36.5 Å². The number of carbonyl (C=O) groups excluding carboxylic acids is 1. The topological polar surface area (TPSA) is 61.3 Å². The number of hydrogen-bond acceptors (Lipinski definition) is 5. The Morgan fingerprint density at radius 2 is 1.65 bits per heavy atom. The zero-order valence-corrected chi connectivity index (χ0v) is 19.4. The fourth-order valence-electron chi connectivity index (χ4n) is 3.30. The van der Waals surface area contributed by atoms with E-state index < -0.39 is 0 Å². The largest absolute Gasteiger partial charge is 0.490 e. The van der Waals surface area contributed by atoms with E-state index in [-0.39, 0.29) is 17.9 Å². The highest BCUT2D eigenvalue weighted by Crippen LogP contribution is 2.29. The molecule has 170 valence electrons. The first-order valence-electron chi connectivity index (χ1n) is 11.9. The highest BCUT2D eigenvalue weighted by atomic mass is 16.5. The maximum absolute atomic E-state index is 12.1. The smallest absolute Gasteiger partial charge is 0.325 e. The molecule has 0 bridgehead atoms. The number of nitrogens with zero attached hydrogens (tertiary/aromatic N) is 2. The Morgan fingerprint density at radius 1 is 0.968 bits per heavy atom. The fourth-order valence-corrected chi connectivity index (χ4v) is 3.30. The van der Waals surface area contributed by atoms with Gasteiger partial charge in [0.2, 0.25) is 0 Å². The Hall–Kier alpha value is -2.43. The molecule has 5 nitrogen and oxygen atoms in total. The van der Waals surface area contributed by atoms with E-state index in [1.165, 1.54) is 44.9 Å². The van der Waals surface area contributed by atoms with Gasteiger partial charge in [0.25, 0.3) is 0 Å². The standard InChI is InChI=1S/C26H38N2O3/c1-4-6-7-8-9-10-11-15-18-30-23-20-27-26(31-24(29)19-21(3)5-2)28-25(23)22-16-13-12-14-17-22/h12-14,16-17,20-21H,4-11,15,18-19H2,1-3H3. The van der Waals surface area contributed by atoms with Crippen LogP contribution < -0.4 is 9.47 Å². The third kappa shape index (κ3) is 9.50. The SMILES string of the molecule is CCCCCCCCCCOc1cnc(OC(=O)CC(C)CC)nc1-c1ccccc1. The molecule has 1 atom stereocenters. The summed E-state index contributed by atoms with van der Waals surface area (Å²) in [6, 6.07) is 9.88. The van der Waals surface area contributed by atoms with Crippen LogP contribution >= 0.6 is 0 Å². The molecule has 0 saturated heterocycles. The third-order valence-electron chi connectivity index (χ3n) is 5.45. The van der Waals surface area contributed by atoms with Gasteiger partial charge in [-0.15, -0.1) is 0 Å². The van der Waals surface area contributed by atoms with Gasteiger partial charge in [-0.25, -0.2) is 0 Å². The summed E-state index contributed by atoms with van der Waals surface area (Å²) < 4.78 is 11.4. The summed E-state index contributed by atoms with van der Waals surface area (Å²) in [5.74, 6) is 0.590. The second-order valence-electron chi connectivity index (χ2n) is 8.25. The second kappa shape index (κ2) is 14.6. The van der Waals surface area contributed by atoms with E-state index in [0.717, 1.165) is 18.4 Å². The number of carbonyl (C=O) groups is 1. The van der Waals surface area contributed by atoms with Gasteiger partial charge in [0.1, 0.15) is 5.69 Å². The first-order valence-corrected chi connectivity index (χ1v) is 11.9. The van der Waals surface area contributed by atoms with E-state index in [4.69, 9.17) is 9.47 Å². The van der Waals surface area contributed by atoms with Gasteiger partial charge >= 0.3 is 12.0 Å². The monoisotopic (exact) mass is 426 g/mol. The van der Waals surface area contributed by atoms with Crippen molar-refractivity contribution >= 4 is 5.97 Å². The van der Waals surface area contributed by atoms with Crippen LogP contribution in [0.4, 0.5) is 0 Å². The van der Waals surface area contributed by atoms with Crippen LogP contribution in [0, 0.1) is 5.92 Å². The predicted molar refractivity (Wildman–Crippen MR) is 125 cm³/mol. The molecule has 0 N–H and O–H groups in total. The van der Waals surface area contributed by atoms with Crippen molar-refractivity contribution in [2.45, 2.75) is 85.0 Å². The minimum absolute atomic E-state index is 0.0755. The van der Waals surface area contributed by atoms with E-state index in [1.807, 2.05) is 37.3 Å². The molecule has 0 spiro atoms. The molecule has 0 radical (unpaired) electrons. The van der Waals surface area contributed by atoms with Gasteiger partial charge < -0.3 is 9.47 Å². The Kier molecular flexibility index (Phi) is 11.7. The van der Waals surface area contributed by atoms with Crippen molar-refractivity contribution in [2.75, 3.05) is 6.61 Å². The first-order chi connectivity index (χ1) is 15.1. The van der Waals surface area contributed by atoms with Crippen molar-refractivity contribution < 1.29 is 14.3 Å². The number of esters is 1. The first kappa shape index (κ1) is 24.8. The molecule has 31 heavy (non-hydrogen) atoms. The minimum Gasteiger partial charge on any atom is -0.490 e. The summed E-state index contributed by atoms with van der Waals surface area (Å²) in [5.41, 5.74) is 1.57. The molecule has 1 unspecified atom stereocenters. The van der Waals surface area contributed by atoms with E-state index in [2.05, 4.69) is 23.8 Å². The van der Waals surface area contributed by atoms with Crippen molar-refractivity contribution in [3.8, 4) is 23.0 Å². The van der Waals surface area contributed by atoms with Gasteiger partial charge in [-0.1, -0.05) is 102 Å². The lowest BCUT2D eigenvalue weighted by atomic mass is 10.1. The number of ether oxygens (including phenoxy) is 2. The molecule has 0 amide bonds. The number of unbranched alkanes of at least 4 members (excludes halogenated alkanes) is 7.